The molecule has 0 radical (unpaired) electrons. The van der Waals surface area contributed by atoms with E-state index in [-0.39, 0.29) is 35.8 Å². The number of hydrogen-bond acceptors (Lipinski definition) is 6. The van der Waals surface area contributed by atoms with Gasteiger partial charge >= 0.3 is 0 Å². The summed E-state index contributed by atoms with van der Waals surface area (Å²) in [6, 6.07) is 20.2. The Hall–Kier alpha value is -4.80. The largest absolute Gasteiger partial charge is 0.473 e. The van der Waals surface area contributed by atoms with E-state index in [2.05, 4.69) is 27.3 Å². The van der Waals surface area contributed by atoms with Gasteiger partial charge in [0.05, 0.1) is 29.1 Å². The zero-order valence-electron chi connectivity index (χ0n) is 30.1. The minimum atomic E-state index is -0.458. The number of ether oxygens (including phenoxy) is 2. The van der Waals surface area contributed by atoms with E-state index in [1.165, 1.54) is 6.07 Å². The Morgan fingerprint density at radius 2 is 1.89 bits per heavy atom. The number of carbonyl (C=O) groups excluding carboxylic acids is 2. The van der Waals surface area contributed by atoms with E-state index < -0.39 is 5.41 Å². The van der Waals surface area contributed by atoms with Crippen molar-refractivity contribution in [3.05, 3.63) is 111 Å². The van der Waals surface area contributed by atoms with Crippen molar-refractivity contribution >= 4 is 45.8 Å². The first-order valence-corrected chi connectivity index (χ1v) is 19.5. The van der Waals surface area contributed by atoms with Crippen molar-refractivity contribution in [3.8, 4) is 5.88 Å². The summed E-state index contributed by atoms with van der Waals surface area (Å²) in [6.07, 6.45) is 8.24. The van der Waals surface area contributed by atoms with Gasteiger partial charge in [-0.3, -0.25) is 9.59 Å². The summed E-state index contributed by atoms with van der Waals surface area (Å²) in [6.45, 7) is 3.60. The van der Waals surface area contributed by atoms with Crippen molar-refractivity contribution in [3.63, 3.8) is 0 Å². The fraction of sp³-hybridized carbons (Fsp3) is 0.395. The predicted molar refractivity (Wildman–Crippen MR) is 204 cm³/mol. The van der Waals surface area contributed by atoms with E-state index in [9.17, 15) is 14.0 Å². The lowest BCUT2D eigenvalue weighted by Crippen LogP contribution is -2.31. The van der Waals surface area contributed by atoms with Crippen LogP contribution in [0.2, 0.25) is 5.02 Å². The smallest absolute Gasteiger partial charge is 0.255 e. The number of pyridine rings is 1. The Morgan fingerprint density at radius 3 is 2.65 bits per heavy atom. The minimum Gasteiger partial charge on any atom is -0.473 e. The third-order valence-electron chi connectivity index (χ3n) is 12.8. The molecule has 2 aliphatic heterocycles. The Bertz CT molecular complexity index is 2360. The monoisotopic (exact) mass is 745 g/mol. The maximum atomic E-state index is 14.3. The fourth-order valence-corrected chi connectivity index (χ4v) is 9.40. The molecule has 0 bridgehead atoms. The molecule has 1 saturated heterocycles. The topological polar surface area (TPSA) is 107 Å². The highest BCUT2D eigenvalue weighted by Gasteiger charge is 2.58. The molecule has 5 aromatic rings. The van der Waals surface area contributed by atoms with Gasteiger partial charge in [-0.2, -0.15) is 0 Å². The van der Waals surface area contributed by atoms with Crippen molar-refractivity contribution in [1.82, 2.24) is 14.5 Å². The molecule has 1 unspecified atom stereocenters. The average Bonchev–Trinajstić information content (AvgIpc) is 4.03. The molecule has 276 valence electrons. The van der Waals surface area contributed by atoms with Crippen LogP contribution in [0.4, 0.5) is 15.8 Å². The minimum absolute atomic E-state index is 0.0476. The normalized spacial score (nSPS) is 24.6. The molecule has 2 aromatic heterocycles. The maximum absolute atomic E-state index is 14.3. The van der Waals surface area contributed by atoms with Gasteiger partial charge in [0.25, 0.3) is 5.91 Å². The maximum Gasteiger partial charge on any atom is 0.255 e. The molecule has 4 heterocycles. The van der Waals surface area contributed by atoms with Crippen LogP contribution < -0.4 is 15.4 Å². The van der Waals surface area contributed by atoms with Crippen LogP contribution in [0.5, 0.6) is 5.88 Å². The van der Waals surface area contributed by atoms with Gasteiger partial charge in [-0.15, -0.1) is 0 Å². The molecular weight excluding hydrogens is 705 g/mol. The summed E-state index contributed by atoms with van der Waals surface area (Å²) in [4.78, 5) is 36.3. The lowest BCUT2D eigenvalue weighted by Gasteiger charge is -2.30. The first-order valence-electron chi connectivity index (χ1n) is 19.1. The Kier molecular flexibility index (Phi) is 7.89. The first-order chi connectivity index (χ1) is 26.2. The van der Waals surface area contributed by atoms with Gasteiger partial charge in [-0.1, -0.05) is 23.7 Å². The number of rotatable bonds is 9. The van der Waals surface area contributed by atoms with Gasteiger partial charge in [0.1, 0.15) is 18.2 Å². The number of carbonyl (C=O) groups is 2. The SMILES string of the molecule is Cc1cc(C(=O)Nc2ccc3c(c2)nc(C2CC24CCC(c2cccc(OCc5ccc(Cl)cc5F)n2)CC4)n3C[C@@H]2CCO2)cc2c1NC(=O)C21CC1. The number of amides is 2. The van der Waals surface area contributed by atoms with Crippen LogP contribution in [-0.2, 0) is 28.1 Å². The number of benzene rings is 3. The van der Waals surface area contributed by atoms with Crippen molar-refractivity contribution in [2.24, 2.45) is 5.41 Å². The zero-order chi connectivity index (χ0) is 36.8. The number of halogens is 2. The molecule has 2 atom stereocenters. The van der Waals surface area contributed by atoms with Crippen LogP contribution in [0.25, 0.3) is 11.0 Å². The van der Waals surface area contributed by atoms with Gasteiger partial charge in [0.2, 0.25) is 11.8 Å². The van der Waals surface area contributed by atoms with E-state index in [1.54, 1.807) is 12.1 Å². The van der Waals surface area contributed by atoms with Crippen molar-refractivity contribution < 1.29 is 23.5 Å². The second-order valence-corrected chi connectivity index (χ2v) is 16.5. The zero-order valence-corrected chi connectivity index (χ0v) is 30.8. The number of hydrogen-bond donors (Lipinski definition) is 2. The van der Waals surface area contributed by atoms with Crippen molar-refractivity contribution in [2.75, 3.05) is 17.2 Å². The molecule has 10 rings (SSSR count). The van der Waals surface area contributed by atoms with Crippen LogP contribution in [0.3, 0.4) is 0 Å². The standard InChI is InChI=1S/C43H41ClFN5O4/c1-24-17-27(18-31-38(24)49-41(52)43(31)14-15-43)40(51)46-29-7-8-36-35(20-29)48-39(50(36)22-30-11-16-53-30)32-21-42(32)12-9-25(10-13-42)34-3-2-4-37(47-34)54-23-26-5-6-28(44)19-33(26)45/h2-8,17-20,25,30,32H,9-16,21-23H2,1H3,(H,46,51)(H,49,52)/t25?,30-,32?,42?/m0/s1. The van der Waals surface area contributed by atoms with Gasteiger partial charge in [-0.05, 0) is 123 Å². The van der Waals surface area contributed by atoms with E-state index in [0.717, 1.165) is 104 Å². The van der Waals surface area contributed by atoms with E-state index in [4.69, 9.17) is 31.0 Å². The lowest BCUT2D eigenvalue weighted by atomic mass is 9.77. The third-order valence-corrected chi connectivity index (χ3v) is 13.0. The summed E-state index contributed by atoms with van der Waals surface area (Å²) >= 11 is 5.90. The van der Waals surface area contributed by atoms with Crippen LogP contribution in [0.15, 0.2) is 66.7 Å². The highest BCUT2D eigenvalue weighted by atomic mass is 35.5. The molecule has 2 spiro atoms. The number of nitrogens with one attached hydrogen (secondary N) is 2. The molecule has 3 saturated carbocycles. The Labute approximate surface area is 317 Å². The number of nitrogens with zero attached hydrogens (tertiary/aromatic N) is 3. The lowest BCUT2D eigenvalue weighted by molar-refractivity contribution is -0.117. The molecule has 11 heteroatoms. The van der Waals surface area contributed by atoms with Crippen molar-refractivity contribution in [1.29, 1.82) is 0 Å². The van der Waals surface area contributed by atoms with Crippen LogP contribution in [0, 0.1) is 18.2 Å². The summed E-state index contributed by atoms with van der Waals surface area (Å²) in [5.41, 5.74) is 7.11. The molecule has 5 aliphatic rings. The van der Waals surface area contributed by atoms with Gasteiger partial charge in [0.15, 0.2) is 0 Å². The number of imidazole rings is 1. The highest BCUT2D eigenvalue weighted by molar-refractivity contribution is 6.30. The van der Waals surface area contributed by atoms with Crippen LogP contribution in [0.1, 0.15) is 102 Å². The highest BCUT2D eigenvalue weighted by Crippen LogP contribution is 2.67. The number of aryl methyl sites for hydroxylation is 1. The van der Waals surface area contributed by atoms with Gasteiger partial charge in [-0.25, -0.2) is 14.4 Å². The fourth-order valence-electron chi connectivity index (χ4n) is 9.24. The summed E-state index contributed by atoms with van der Waals surface area (Å²) in [7, 11) is 0. The molecule has 9 nitrogen and oxygen atoms in total. The second kappa shape index (κ2) is 12.6. The Morgan fingerprint density at radius 1 is 1.06 bits per heavy atom. The van der Waals surface area contributed by atoms with Gasteiger partial charge in [0, 0.05) is 57.7 Å². The molecular formula is C43H41ClFN5O4. The van der Waals surface area contributed by atoms with Gasteiger partial charge < -0.3 is 24.7 Å². The number of aromatic nitrogens is 3. The second-order valence-electron chi connectivity index (χ2n) is 16.1. The van der Waals surface area contributed by atoms with E-state index in [1.807, 2.05) is 43.3 Å². The summed E-state index contributed by atoms with van der Waals surface area (Å²) < 4.78 is 28.5. The quantitative estimate of drug-likeness (QED) is 0.156. The molecule has 4 fully saturated rings. The number of fused-ring (bicyclic) bond motifs is 3. The molecule has 3 aromatic carbocycles. The van der Waals surface area contributed by atoms with Crippen LogP contribution in [-0.4, -0.2) is 39.1 Å². The van der Waals surface area contributed by atoms with E-state index in [0.29, 0.717) is 39.6 Å². The summed E-state index contributed by atoms with van der Waals surface area (Å²) in [5, 5.41) is 6.50. The number of anilines is 2. The predicted octanol–water partition coefficient (Wildman–Crippen LogP) is 8.97. The molecule has 2 amide bonds. The van der Waals surface area contributed by atoms with Crippen molar-refractivity contribution in [2.45, 2.75) is 94.8 Å². The molecule has 3 aliphatic carbocycles. The summed E-state index contributed by atoms with van der Waals surface area (Å²) in [5.74, 6) is 1.78. The van der Waals surface area contributed by atoms with Crippen LogP contribution >= 0.6 is 11.6 Å². The molecule has 2 N–H and O–H groups in total. The molecule has 54 heavy (non-hydrogen) atoms. The van der Waals surface area contributed by atoms with E-state index >= 15 is 0 Å². The first kappa shape index (κ1) is 33.7. The average molecular weight is 746 g/mol. The Balaban J connectivity index is 0.844. The third kappa shape index (κ3) is 5.76.